The van der Waals surface area contributed by atoms with Gasteiger partial charge in [0.1, 0.15) is 0 Å². The van der Waals surface area contributed by atoms with E-state index in [-0.39, 0.29) is 24.5 Å². The molecule has 0 aromatic heterocycles. The number of nitrogens with zero attached hydrogens (tertiary/aromatic N) is 1. The van der Waals surface area contributed by atoms with Crippen LogP contribution in [0.1, 0.15) is 34.8 Å². The van der Waals surface area contributed by atoms with Crippen LogP contribution in [0.3, 0.4) is 0 Å². The number of benzene rings is 1. The molecule has 0 bridgehead atoms. The molecule has 0 spiro atoms. The fraction of sp³-hybridized carbons (Fsp3) is 0.529. The lowest BCUT2D eigenvalue weighted by molar-refractivity contribution is -0.137. The lowest BCUT2D eigenvalue weighted by Gasteiger charge is -2.32. The lowest BCUT2D eigenvalue weighted by atomic mass is 10.1. The molecule has 22 heavy (non-hydrogen) atoms. The molecule has 0 radical (unpaired) electrons. The second-order valence-electron chi connectivity index (χ2n) is 5.80. The van der Waals surface area contributed by atoms with Crippen molar-refractivity contribution in [3.63, 3.8) is 0 Å². The number of morpholine rings is 1. The summed E-state index contributed by atoms with van der Waals surface area (Å²) in [5.74, 6) is -0.264. The number of amides is 2. The fourth-order valence-corrected chi connectivity index (χ4v) is 2.67. The number of nitrogens with one attached hydrogen (secondary N) is 1. The summed E-state index contributed by atoms with van der Waals surface area (Å²) >= 11 is 0. The molecule has 1 aliphatic rings. The van der Waals surface area contributed by atoms with Gasteiger partial charge in [-0.25, -0.2) is 0 Å². The number of ether oxygens (including phenoxy) is 1. The van der Waals surface area contributed by atoms with Gasteiger partial charge in [0.2, 0.25) is 5.91 Å². The summed E-state index contributed by atoms with van der Waals surface area (Å²) < 4.78 is 5.55. The van der Waals surface area contributed by atoms with Crippen molar-refractivity contribution in [2.45, 2.75) is 33.3 Å². The van der Waals surface area contributed by atoms with Crippen LogP contribution in [0.25, 0.3) is 0 Å². The summed E-state index contributed by atoms with van der Waals surface area (Å²) in [6.07, 6.45) is 0.992. The number of hydrogen-bond acceptors (Lipinski definition) is 3. The Morgan fingerprint density at radius 3 is 2.59 bits per heavy atom. The van der Waals surface area contributed by atoms with Crippen molar-refractivity contribution in [1.82, 2.24) is 10.2 Å². The maximum atomic E-state index is 12.2. The molecule has 1 unspecified atom stereocenters. The Bertz CT molecular complexity index is 537. The first-order valence-corrected chi connectivity index (χ1v) is 7.75. The van der Waals surface area contributed by atoms with Crippen LogP contribution in [0.5, 0.6) is 0 Å². The van der Waals surface area contributed by atoms with Gasteiger partial charge >= 0.3 is 0 Å². The van der Waals surface area contributed by atoms with Gasteiger partial charge in [-0.05, 0) is 32.4 Å². The molecule has 2 rings (SSSR count). The minimum atomic E-state index is -0.208. The molecular formula is C17H24N2O3. The van der Waals surface area contributed by atoms with Gasteiger partial charge in [-0.15, -0.1) is 0 Å². The van der Waals surface area contributed by atoms with E-state index in [1.807, 2.05) is 39.0 Å². The average molecular weight is 304 g/mol. The summed E-state index contributed by atoms with van der Waals surface area (Å²) in [5.41, 5.74) is 2.67. The molecule has 1 aliphatic heterocycles. The van der Waals surface area contributed by atoms with E-state index in [0.29, 0.717) is 25.3 Å². The molecule has 1 aromatic rings. The maximum absolute atomic E-state index is 12.2. The normalized spacial score (nSPS) is 18.1. The van der Waals surface area contributed by atoms with E-state index in [2.05, 4.69) is 5.32 Å². The van der Waals surface area contributed by atoms with Crippen molar-refractivity contribution in [2.24, 2.45) is 0 Å². The van der Waals surface area contributed by atoms with Gasteiger partial charge in [-0.3, -0.25) is 9.59 Å². The third-order valence-corrected chi connectivity index (χ3v) is 3.83. The first kappa shape index (κ1) is 16.5. The third-order valence-electron chi connectivity index (χ3n) is 3.83. The smallest absolute Gasteiger partial charge is 0.251 e. The van der Waals surface area contributed by atoms with Gasteiger partial charge in [0.25, 0.3) is 5.91 Å². The van der Waals surface area contributed by atoms with Crippen LogP contribution < -0.4 is 5.32 Å². The Labute approximate surface area is 131 Å². The topological polar surface area (TPSA) is 58.6 Å². The number of aryl methyl sites for hydroxylation is 2. The average Bonchev–Trinajstić information content (AvgIpc) is 2.51. The van der Waals surface area contributed by atoms with Gasteiger partial charge in [-0.1, -0.05) is 24.1 Å². The highest BCUT2D eigenvalue weighted by Gasteiger charge is 2.23. The minimum absolute atomic E-state index is 0.0300. The van der Waals surface area contributed by atoms with Crippen LogP contribution in [0.2, 0.25) is 0 Å². The zero-order valence-electron chi connectivity index (χ0n) is 13.5. The number of hydrogen-bond donors (Lipinski definition) is 1. The zero-order valence-corrected chi connectivity index (χ0v) is 13.5. The molecule has 1 aromatic carbocycles. The van der Waals surface area contributed by atoms with Crippen LogP contribution >= 0.6 is 0 Å². The SMILES string of the molecule is CCC1CN(C(=O)CNC(=O)c2cc(C)cc(C)c2)CCO1. The highest BCUT2D eigenvalue weighted by molar-refractivity contribution is 5.96. The zero-order chi connectivity index (χ0) is 16.1. The van der Waals surface area contributed by atoms with Crippen LogP contribution in [-0.4, -0.2) is 49.1 Å². The molecule has 0 aliphatic carbocycles. The molecule has 1 N–H and O–H groups in total. The standard InChI is InChI=1S/C17H24N2O3/c1-4-15-11-19(5-6-22-15)16(20)10-18-17(21)14-8-12(2)7-13(3)9-14/h7-9,15H,4-6,10-11H2,1-3H3,(H,18,21). The van der Waals surface area contributed by atoms with Crippen LogP contribution in [0, 0.1) is 13.8 Å². The van der Waals surface area contributed by atoms with Gasteiger partial charge in [0, 0.05) is 18.7 Å². The number of carbonyl (C=O) groups is 2. The summed E-state index contributed by atoms with van der Waals surface area (Å²) in [4.78, 5) is 26.1. The Morgan fingerprint density at radius 2 is 1.95 bits per heavy atom. The quantitative estimate of drug-likeness (QED) is 0.920. The number of rotatable bonds is 4. The first-order valence-electron chi connectivity index (χ1n) is 7.75. The Balaban J connectivity index is 1.89. The van der Waals surface area contributed by atoms with E-state index >= 15 is 0 Å². The Kier molecular flexibility index (Phi) is 5.55. The molecule has 1 atom stereocenters. The van der Waals surface area contributed by atoms with Gasteiger partial charge in [-0.2, -0.15) is 0 Å². The second-order valence-corrected chi connectivity index (χ2v) is 5.80. The Morgan fingerprint density at radius 1 is 1.27 bits per heavy atom. The number of carbonyl (C=O) groups excluding carboxylic acids is 2. The van der Waals surface area contributed by atoms with E-state index < -0.39 is 0 Å². The summed E-state index contributed by atoms with van der Waals surface area (Å²) in [7, 11) is 0. The van der Waals surface area contributed by atoms with E-state index in [1.165, 1.54) is 0 Å². The highest BCUT2D eigenvalue weighted by atomic mass is 16.5. The molecular weight excluding hydrogens is 280 g/mol. The van der Waals surface area contributed by atoms with Crippen molar-refractivity contribution in [3.8, 4) is 0 Å². The third kappa shape index (κ3) is 4.31. The van der Waals surface area contributed by atoms with Crippen LogP contribution in [-0.2, 0) is 9.53 Å². The lowest BCUT2D eigenvalue weighted by Crippen LogP contribution is -2.48. The Hall–Kier alpha value is -1.88. The van der Waals surface area contributed by atoms with Crippen molar-refractivity contribution in [3.05, 3.63) is 34.9 Å². The first-order chi connectivity index (χ1) is 10.5. The molecule has 1 saturated heterocycles. The molecule has 120 valence electrons. The molecule has 0 saturated carbocycles. The van der Waals surface area contributed by atoms with Crippen molar-refractivity contribution >= 4 is 11.8 Å². The summed E-state index contributed by atoms with van der Waals surface area (Å²) in [6, 6.07) is 5.67. The largest absolute Gasteiger partial charge is 0.375 e. The van der Waals surface area contributed by atoms with Crippen molar-refractivity contribution in [1.29, 1.82) is 0 Å². The van der Waals surface area contributed by atoms with Gasteiger partial charge < -0.3 is 15.0 Å². The minimum Gasteiger partial charge on any atom is -0.375 e. The predicted molar refractivity (Wildman–Crippen MR) is 84.9 cm³/mol. The molecule has 5 heteroatoms. The van der Waals surface area contributed by atoms with E-state index in [4.69, 9.17) is 4.74 Å². The van der Waals surface area contributed by atoms with E-state index in [1.54, 1.807) is 4.90 Å². The second kappa shape index (κ2) is 7.40. The maximum Gasteiger partial charge on any atom is 0.251 e. The van der Waals surface area contributed by atoms with Gasteiger partial charge in [0.05, 0.1) is 19.3 Å². The molecule has 1 heterocycles. The van der Waals surface area contributed by atoms with Crippen LogP contribution in [0.15, 0.2) is 18.2 Å². The highest BCUT2D eigenvalue weighted by Crippen LogP contribution is 2.10. The van der Waals surface area contributed by atoms with Crippen molar-refractivity contribution in [2.75, 3.05) is 26.2 Å². The molecule has 2 amide bonds. The summed E-state index contributed by atoms with van der Waals surface area (Å²) in [5, 5.41) is 2.71. The molecule has 5 nitrogen and oxygen atoms in total. The summed E-state index contributed by atoms with van der Waals surface area (Å²) in [6.45, 7) is 7.74. The van der Waals surface area contributed by atoms with E-state index in [9.17, 15) is 9.59 Å². The molecule has 1 fully saturated rings. The predicted octanol–water partition coefficient (Wildman–Crippen LogP) is 1.67. The monoisotopic (exact) mass is 304 g/mol. The van der Waals surface area contributed by atoms with E-state index in [0.717, 1.165) is 17.5 Å². The van der Waals surface area contributed by atoms with Crippen molar-refractivity contribution < 1.29 is 14.3 Å². The fourth-order valence-electron chi connectivity index (χ4n) is 2.67. The van der Waals surface area contributed by atoms with Gasteiger partial charge in [0.15, 0.2) is 0 Å². The van der Waals surface area contributed by atoms with Crippen LogP contribution in [0.4, 0.5) is 0 Å².